The molecule has 0 N–H and O–H groups in total. The van der Waals surface area contributed by atoms with Crippen molar-refractivity contribution in [2.24, 2.45) is 5.92 Å². The average Bonchev–Trinajstić information content (AvgIpc) is 2.85. The quantitative estimate of drug-likeness (QED) is 0.537. The summed E-state index contributed by atoms with van der Waals surface area (Å²) in [5, 5.41) is 0. The molecule has 1 heterocycles. The smallest absolute Gasteiger partial charge is 0.226 e. The number of carbonyl (C=O) groups excluding carboxylic acids is 1. The zero-order valence-electron chi connectivity index (χ0n) is 19.5. The molecule has 1 amide bonds. The average molecular weight is 435 g/mol. The molecular formula is C28H38N2O2. The number of hydrogen-bond acceptors (Lipinski definition) is 3. The zero-order chi connectivity index (χ0) is 22.2. The van der Waals surface area contributed by atoms with E-state index in [1.165, 1.54) is 30.4 Å². The van der Waals surface area contributed by atoms with E-state index in [0.717, 1.165) is 51.1 Å². The van der Waals surface area contributed by atoms with Gasteiger partial charge in [-0.05, 0) is 55.9 Å². The fourth-order valence-electron chi connectivity index (χ4n) is 5.26. The number of carbonyl (C=O) groups is 1. The summed E-state index contributed by atoms with van der Waals surface area (Å²) in [6.07, 6.45) is 7.91. The lowest BCUT2D eigenvalue weighted by molar-refractivity contribution is -0.140. The van der Waals surface area contributed by atoms with Crippen molar-refractivity contribution in [3.05, 3.63) is 65.7 Å². The Balaban J connectivity index is 1.42. The number of benzene rings is 2. The Morgan fingerprint density at radius 1 is 0.906 bits per heavy atom. The normalized spacial score (nSPS) is 18.4. The molecule has 32 heavy (non-hydrogen) atoms. The molecule has 0 bridgehead atoms. The topological polar surface area (TPSA) is 32.8 Å². The van der Waals surface area contributed by atoms with E-state index in [2.05, 4.69) is 52.3 Å². The highest BCUT2D eigenvalue weighted by Crippen LogP contribution is 2.29. The van der Waals surface area contributed by atoms with Crippen LogP contribution in [-0.4, -0.2) is 41.4 Å². The Morgan fingerprint density at radius 3 is 2.25 bits per heavy atom. The first-order valence-corrected chi connectivity index (χ1v) is 12.5. The first-order valence-electron chi connectivity index (χ1n) is 12.5. The van der Waals surface area contributed by atoms with E-state index in [9.17, 15) is 4.79 Å². The predicted molar refractivity (Wildman–Crippen MR) is 129 cm³/mol. The Kier molecular flexibility index (Phi) is 8.22. The van der Waals surface area contributed by atoms with Crippen LogP contribution < -0.4 is 4.74 Å². The van der Waals surface area contributed by atoms with E-state index in [0.29, 0.717) is 25.1 Å². The van der Waals surface area contributed by atoms with Gasteiger partial charge in [-0.25, -0.2) is 0 Å². The molecule has 1 aliphatic carbocycles. The molecule has 2 fully saturated rings. The van der Waals surface area contributed by atoms with Gasteiger partial charge in [0.1, 0.15) is 5.75 Å². The van der Waals surface area contributed by atoms with E-state index in [4.69, 9.17) is 4.74 Å². The number of likely N-dealkylation sites (tertiary alicyclic amines) is 1. The molecule has 4 nitrogen and oxygen atoms in total. The maximum absolute atomic E-state index is 13.6. The van der Waals surface area contributed by atoms with Gasteiger partial charge in [0, 0.05) is 38.1 Å². The van der Waals surface area contributed by atoms with Crippen LogP contribution in [0.4, 0.5) is 0 Å². The van der Waals surface area contributed by atoms with Gasteiger partial charge in [0.25, 0.3) is 0 Å². The molecule has 0 radical (unpaired) electrons. The Labute approximate surface area is 193 Å². The lowest BCUT2D eigenvalue weighted by Gasteiger charge is -2.40. The molecule has 0 aromatic heterocycles. The van der Waals surface area contributed by atoms with Gasteiger partial charge in [-0.2, -0.15) is 0 Å². The number of amides is 1. The standard InChI is InChI=1S/C28H38N2O2/c1-2-32-27-15-13-24(14-16-27)22-30(28(31)25-11-7-4-8-12-25)26-17-19-29(20-18-26)21-23-9-5-3-6-10-23/h3,5-6,9-10,13-16,25-26H,2,4,7-8,11-12,17-22H2,1H3. The van der Waals surface area contributed by atoms with Crippen LogP contribution in [0.15, 0.2) is 54.6 Å². The van der Waals surface area contributed by atoms with Crippen molar-refractivity contribution in [3.63, 3.8) is 0 Å². The lowest BCUT2D eigenvalue weighted by Crippen LogP contribution is -2.48. The first-order chi connectivity index (χ1) is 15.7. The van der Waals surface area contributed by atoms with Gasteiger partial charge in [0.05, 0.1) is 6.61 Å². The Bertz CT molecular complexity index is 822. The van der Waals surface area contributed by atoms with Crippen molar-refractivity contribution in [1.82, 2.24) is 9.80 Å². The maximum Gasteiger partial charge on any atom is 0.226 e. The van der Waals surface area contributed by atoms with Gasteiger partial charge in [0.2, 0.25) is 5.91 Å². The molecule has 0 unspecified atom stereocenters. The monoisotopic (exact) mass is 434 g/mol. The fourth-order valence-corrected chi connectivity index (χ4v) is 5.26. The summed E-state index contributed by atoms with van der Waals surface area (Å²) in [7, 11) is 0. The Hall–Kier alpha value is -2.33. The second kappa shape index (κ2) is 11.5. The van der Waals surface area contributed by atoms with Crippen LogP contribution in [0, 0.1) is 5.92 Å². The molecule has 2 aromatic rings. The highest BCUT2D eigenvalue weighted by atomic mass is 16.5. The van der Waals surface area contributed by atoms with Crippen LogP contribution in [0.2, 0.25) is 0 Å². The van der Waals surface area contributed by atoms with Crippen LogP contribution in [0.25, 0.3) is 0 Å². The van der Waals surface area contributed by atoms with Gasteiger partial charge in [-0.1, -0.05) is 61.7 Å². The van der Waals surface area contributed by atoms with Gasteiger partial charge < -0.3 is 9.64 Å². The summed E-state index contributed by atoms with van der Waals surface area (Å²) in [5.41, 5.74) is 2.57. The van der Waals surface area contributed by atoms with E-state index < -0.39 is 0 Å². The van der Waals surface area contributed by atoms with Crippen molar-refractivity contribution in [3.8, 4) is 5.75 Å². The molecule has 4 heteroatoms. The van der Waals surface area contributed by atoms with Gasteiger partial charge in [0.15, 0.2) is 0 Å². The second-order valence-electron chi connectivity index (χ2n) is 9.37. The molecule has 2 aromatic carbocycles. The number of nitrogens with zero attached hydrogens (tertiary/aromatic N) is 2. The summed E-state index contributed by atoms with van der Waals surface area (Å²) < 4.78 is 5.60. The molecule has 4 rings (SSSR count). The SMILES string of the molecule is CCOc1ccc(CN(C(=O)C2CCCCC2)C2CCN(Cc3ccccc3)CC2)cc1. The number of rotatable bonds is 8. The maximum atomic E-state index is 13.6. The third-order valence-corrected chi connectivity index (χ3v) is 7.07. The van der Waals surface area contributed by atoms with Gasteiger partial charge >= 0.3 is 0 Å². The minimum Gasteiger partial charge on any atom is -0.494 e. The molecule has 1 saturated heterocycles. The van der Waals surface area contributed by atoms with Crippen molar-refractivity contribution < 1.29 is 9.53 Å². The third kappa shape index (κ3) is 6.13. The van der Waals surface area contributed by atoms with E-state index in [1.807, 2.05) is 19.1 Å². The summed E-state index contributed by atoms with van der Waals surface area (Å²) in [6.45, 7) is 6.50. The summed E-state index contributed by atoms with van der Waals surface area (Å²) in [5.74, 6) is 1.50. The van der Waals surface area contributed by atoms with Crippen molar-refractivity contribution in [2.45, 2.75) is 71.0 Å². The molecule has 0 spiro atoms. The van der Waals surface area contributed by atoms with E-state index >= 15 is 0 Å². The largest absolute Gasteiger partial charge is 0.494 e. The number of hydrogen-bond donors (Lipinski definition) is 0. The van der Waals surface area contributed by atoms with Crippen LogP contribution in [0.3, 0.4) is 0 Å². The zero-order valence-corrected chi connectivity index (χ0v) is 19.5. The number of piperidine rings is 1. The second-order valence-corrected chi connectivity index (χ2v) is 9.37. The van der Waals surface area contributed by atoms with Crippen LogP contribution in [0.1, 0.15) is 63.0 Å². The van der Waals surface area contributed by atoms with Crippen molar-refractivity contribution in [2.75, 3.05) is 19.7 Å². The molecule has 2 aliphatic rings. The predicted octanol–water partition coefficient (Wildman–Crippen LogP) is 5.66. The minimum absolute atomic E-state index is 0.216. The summed E-state index contributed by atoms with van der Waals surface area (Å²) >= 11 is 0. The van der Waals surface area contributed by atoms with Crippen LogP contribution >= 0.6 is 0 Å². The molecule has 1 aliphatic heterocycles. The molecule has 0 atom stereocenters. The molecule has 1 saturated carbocycles. The minimum atomic E-state index is 0.216. The Morgan fingerprint density at radius 2 is 1.59 bits per heavy atom. The summed E-state index contributed by atoms with van der Waals surface area (Å²) in [6, 6.07) is 19.4. The fraction of sp³-hybridized carbons (Fsp3) is 0.536. The third-order valence-electron chi connectivity index (χ3n) is 7.07. The van der Waals surface area contributed by atoms with E-state index in [1.54, 1.807) is 0 Å². The van der Waals surface area contributed by atoms with E-state index in [-0.39, 0.29) is 5.92 Å². The van der Waals surface area contributed by atoms with Crippen LogP contribution in [0.5, 0.6) is 5.75 Å². The van der Waals surface area contributed by atoms with Crippen molar-refractivity contribution >= 4 is 5.91 Å². The molecular weight excluding hydrogens is 396 g/mol. The highest BCUT2D eigenvalue weighted by molar-refractivity contribution is 5.79. The summed E-state index contributed by atoms with van der Waals surface area (Å²) in [4.78, 5) is 18.4. The van der Waals surface area contributed by atoms with Gasteiger partial charge in [-0.15, -0.1) is 0 Å². The number of ether oxygens (including phenoxy) is 1. The lowest BCUT2D eigenvalue weighted by atomic mass is 9.87. The highest BCUT2D eigenvalue weighted by Gasteiger charge is 2.32. The molecule has 172 valence electrons. The first kappa shape index (κ1) is 22.8. The van der Waals surface area contributed by atoms with Gasteiger partial charge in [-0.3, -0.25) is 9.69 Å². The van der Waals surface area contributed by atoms with Crippen LogP contribution in [-0.2, 0) is 17.9 Å². The van der Waals surface area contributed by atoms with Crippen molar-refractivity contribution in [1.29, 1.82) is 0 Å².